The number of hydrogen-bond donors (Lipinski definition) is 1. The number of carboxylic acids is 1. The van der Waals surface area contributed by atoms with Crippen LogP contribution in [0, 0.1) is 0 Å². The van der Waals surface area contributed by atoms with Gasteiger partial charge in [0.2, 0.25) is 0 Å². The molecule has 3 heteroatoms. The molecule has 0 heterocycles. The normalized spacial score (nSPS) is 12.5. The summed E-state index contributed by atoms with van der Waals surface area (Å²) in [4.78, 5) is 21.8. The van der Waals surface area contributed by atoms with Crippen LogP contribution in [0.1, 0.15) is 64.7 Å². The Balaban J connectivity index is 3.58. The van der Waals surface area contributed by atoms with Gasteiger partial charge in [0.15, 0.2) is 5.78 Å². The number of unbranched alkanes of at least 4 members (excludes halogenated alkanes) is 3. The van der Waals surface area contributed by atoms with Gasteiger partial charge in [0.1, 0.15) is 0 Å². The van der Waals surface area contributed by atoms with E-state index in [-0.39, 0.29) is 12.2 Å². The number of carbonyl (C=O) groups is 2. The summed E-state index contributed by atoms with van der Waals surface area (Å²) in [6.45, 7) is 2.05. The molecule has 25 heavy (non-hydrogen) atoms. The molecule has 0 spiro atoms. The van der Waals surface area contributed by atoms with E-state index in [0.717, 1.165) is 44.9 Å². The lowest BCUT2D eigenvalue weighted by Gasteiger charge is -1.94. The second-order valence-electron chi connectivity index (χ2n) is 5.74. The largest absolute Gasteiger partial charge is 0.481 e. The first-order chi connectivity index (χ1) is 12.2. The molecule has 0 aromatic heterocycles. The SMILES string of the molecule is CC/C=C\CC(=O)/C=C\C=C/C/C=C\C/C=C\CCCCCC(=O)O. The predicted molar refractivity (Wildman–Crippen MR) is 106 cm³/mol. The van der Waals surface area contributed by atoms with Crippen molar-refractivity contribution in [2.75, 3.05) is 0 Å². The molecular weight excluding hydrogens is 312 g/mol. The van der Waals surface area contributed by atoms with E-state index in [2.05, 4.69) is 24.3 Å². The van der Waals surface area contributed by atoms with Crippen LogP contribution in [-0.4, -0.2) is 16.9 Å². The Bertz CT molecular complexity index is 493. The maximum absolute atomic E-state index is 11.4. The Hall–Kier alpha value is -2.16. The third kappa shape index (κ3) is 19.8. The number of rotatable bonds is 15. The molecule has 0 atom stereocenters. The van der Waals surface area contributed by atoms with Crippen molar-refractivity contribution in [3.05, 3.63) is 60.8 Å². The molecule has 0 aromatic rings. The van der Waals surface area contributed by atoms with Crippen LogP contribution in [0.4, 0.5) is 0 Å². The minimum absolute atomic E-state index is 0.123. The number of ketones is 1. The van der Waals surface area contributed by atoms with Crippen LogP contribution in [0.15, 0.2) is 60.8 Å². The fourth-order valence-electron chi connectivity index (χ4n) is 2.03. The van der Waals surface area contributed by atoms with Gasteiger partial charge in [-0.2, -0.15) is 0 Å². The summed E-state index contributed by atoms with van der Waals surface area (Å²) in [7, 11) is 0. The summed E-state index contributed by atoms with van der Waals surface area (Å²) < 4.78 is 0. The van der Waals surface area contributed by atoms with E-state index in [4.69, 9.17) is 5.11 Å². The van der Waals surface area contributed by atoms with Crippen molar-refractivity contribution in [1.82, 2.24) is 0 Å². The molecular formula is C22H32O3. The molecule has 3 nitrogen and oxygen atoms in total. The quantitative estimate of drug-likeness (QED) is 0.173. The summed E-state index contributed by atoms with van der Waals surface area (Å²) in [6, 6.07) is 0. The van der Waals surface area contributed by atoms with Crippen LogP contribution in [0.2, 0.25) is 0 Å². The lowest BCUT2D eigenvalue weighted by atomic mass is 10.1. The molecule has 0 rings (SSSR count). The van der Waals surface area contributed by atoms with E-state index in [1.807, 2.05) is 31.2 Å². The first-order valence-corrected chi connectivity index (χ1v) is 9.19. The van der Waals surface area contributed by atoms with Crippen LogP contribution in [0.25, 0.3) is 0 Å². The van der Waals surface area contributed by atoms with E-state index in [1.165, 1.54) is 0 Å². The molecule has 0 amide bonds. The van der Waals surface area contributed by atoms with Crippen molar-refractivity contribution >= 4 is 11.8 Å². The third-order valence-electron chi connectivity index (χ3n) is 3.39. The van der Waals surface area contributed by atoms with Gasteiger partial charge < -0.3 is 5.11 Å². The van der Waals surface area contributed by atoms with Crippen molar-refractivity contribution in [2.24, 2.45) is 0 Å². The van der Waals surface area contributed by atoms with Crippen molar-refractivity contribution in [2.45, 2.75) is 64.7 Å². The number of carbonyl (C=O) groups excluding carboxylic acids is 1. The highest BCUT2D eigenvalue weighted by Gasteiger charge is 1.94. The molecule has 0 fully saturated rings. The molecule has 1 N–H and O–H groups in total. The van der Waals surface area contributed by atoms with E-state index in [1.54, 1.807) is 12.2 Å². The summed E-state index contributed by atoms with van der Waals surface area (Å²) in [5, 5.41) is 8.52. The summed E-state index contributed by atoms with van der Waals surface area (Å²) in [6.07, 6.45) is 27.1. The van der Waals surface area contributed by atoms with E-state index < -0.39 is 5.97 Å². The maximum Gasteiger partial charge on any atom is 0.303 e. The lowest BCUT2D eigenvalue weighted by Crippen LogP contribution is -1.93. The minimum Gasteiger partial charge on any atom is -0.481 e. The summed E-state index contributed by atoms with van der Waals surface area (Å²) in [5.74, 6) is -0.584. The zero-order chi connectivity index (χ0) is 18.6. The monoisotopic (exact) mass is 344 g/mol. The summed E-state index contributed by atoms with van der Waals surface area (Å²) in [5.41, 5.74) is 0. The third-order valence-corrected chi connectivity index (χ3v) is 3.39. The topological polar surface area (TPSA) is 54.4 Å². The number of carboxylic acid groups (broad SMARTS) is 1. The first kappa shape index (κ1) is 22.8. The highest BCUT2D eigenvalue weighted by atomic mass is 16.4. The zero-order valence-electron chi connectivity index (χ0n) is 15.4. The van der Waals surface area contributed by atoms with Gasteiger partial charge in [0, 0.05) is 12.8 Å². The van der Waals surface area contributed by atoms with Gasteiger partial charge in [-0.1, -0.05) is 68.0 Å². The second kappa shape index (κ2) is 18.2. The van der Waals surface area contributed by atoms with Crippen molar-refractivity contribution in [3.8, 4) is 0 Å². The second-order valence-corrected chi connectivity index (χ2v) is 5.74. The highest BCUT2D eigenvalue weighted by molar-refractivity contribution is 5.90. The Morgan fingerprint density at radius 2 is 1.52 bits per heavy atom. The van der Waals surface area contributed by atoms with Gasteiger partial charge >= 0.3 is 5.97 Å². The van der Waals surface area contributed by atoms with Gasteiger partial charge in [0.25, 0.3) is 0 Å². The standard InChI is InChI=1S/C22H32O3/c1-2-3-15-18-21(23)19-16-13-11-9-7-5-4-6-8-10-12-14-17-20-22(24)25/h3,5-8,11,13,15-16,19H,2,4,9-10,12,14,17-18,20H2,1H3,(H,24,25)/b7-5-,8-6-,13-11-,15-3-,19-16-. The fraction of sp³-hybridized carbons (Fsp3) is 0.455. The minimum atomic E-state index is -0.707. The van der Waals surface area contributed by atoms with Crippen molar-refractivity contribution in [3.63, 3.8) is 0 Å². The van der Waals surface area contributed by atoms with E-state index in [9.17, 15) is 9.59 Å². The average Bonchev–Trinajstić information content (AvgIpc) is 2.58. The molecule has 0 radical (unpaired) electrons. The molecule has 0 aliphatic heterocycles. The Morgan fingerprint density at radius 3 is 2.24 bits per heavy atom. The van der Waals surface area contributed by atoms with Crippen LogP contribution in [0.3, 0.4) is 0 Å². The number of aliphatic carboxylic acids is 1. The Kier molecular flexibility index (Phi) is 16.6. The molecule has 0 unspecified atom stereocenters. The van der Waals surface area contributed by atoms with Crippen LogP contribution in [-0.2, 0) is 9.59 Å². The lowest BCUT2D eigenvalue weighted by molar-refractivity contribution is -0.137. The summed E-state index contributed by atoms with van der Waals surface area (Å²) >= 11 is 0. The molecule has 0 saturated heterocycles. The average molecular weight is 344 g/mol. The van der Waals surface area contributed by atoms with Gasteiger partial charge in [-0.25, -0.2) is 0 Å². The van der Waals surface area contributed by atoms with Crippen LogP contribution < -0.4 is 0 Å². The van der Waals surface area contributed by atoms with Gasteiger partial charge in [-0.05, 0) is 44.6 Å². The molecule has 138 valence electrons. The molecule has 0 saturated carbocycles. The van der Waals surface area contributed by atoms with E-state index >= 15 is 0 Å². The maximum atomic E-state index is 11.4. The highest BCUT2D eigenvalue weighted by Crippen LogP contribution is 2.04. The molecule has 0 bridgehead atoms. The zero-order valence-corrected chi connectivity index (χ0v) is 15.4. The van der Waals surface area contributed by atoms with Crippen LogP contribution in [0.5, 0.6) is 0 Å². The van der Waals surface area contributed by atoms with Gasteiger partial charge in [0.05, 0.1) is 0 Å². The number of allylic oxidation sites excluding steroid dienone is 10. The van der Waals surface area contributed by atoms with Crippen LogP contribution >= 0.6 is 0 Å². The molecule has 0 aliphatic carbocycles. The van der Waals surface area contributed by atoms with Crippen molar-refractivity contribution in [1.29, 1.82) is 0 Å². The first-order valence-electron chi connectivity index (χ1n) is 9.19. The van der Waals surface area contributed by atoms with Gasteiger partial charge in [-0.15, -0.1) is 0 Å². The Labute approximate surface area is 152 Å². The van der Waals surface area contributed by atoms with E-state index in [0.29, 0.717) is 6.42 Å². The predicted octanol–water partition coefficient (Wildman–Crippen LogP) is 5.95. The smallest absolute Gasteiger partial charge is 0.303 e. The molecule has 0 aliphatic rings. The number of hydrogen-bond acceptors (Lipinski definition) is 2. The van der Waals surface area contributed by atoms with Gasteiger partial charge in [-0.3, -0.25) is 9.59 Å². The fourth-order valence-corrected chi connectivity index (χ4v) is 2.03. The van der Waals surface area contributed by atoms with Crippen molar-refractivity contribution < 1.29 is 14.7 Å². The Morgan fingerprint density at radius 1 is 0.800 bits per heavy atom. The molecule has 0 aromatic carbocycles.